The van der Waals surface area contributed by atoms with E-state index in [1.165, 1.54) is 6.07 Å². The van der Waals surface area contributed by atoms with Crippen LogP contribution in [0, 0.1) is 25.6 Å². The van der Waals surface area contributed by atoms with Gasteiger partial charge in [-0.3, -0.25) is 9.88 Å². The number of aryl methyl sites for hydroxylation is 2. The van der Waals surface area contributed by atoms with Crippen molar-refractivity contribution in [3.8, 4) is 11.3 Å². The van der Waals surface area contributed by atoms with Crippen molar-refractivity contribution < 1.29 is 8.91 Å². The first-order chi connectivity index (χ1) is 13.6. The van der Waals surface area contributed by atoms with E-state index in [1.807, 2.05) is 19.9 Å². The minimum absolute atomic E-state index is 0.232. The van der Waals surface area contributed by atoms with Gasteiger partial charge in [0.05, 0.1) is 22.6 Å². The predicted molar refractivity (Wildman–Crippen MR) is 103 cm³/mol. The number of piperidine rings is 1. The van der Waals surface area contributed by atoms with Crippen LogP contribution in [0.2, 0.25) is 0 Å². The molecule has 0 aromatic carbocycles. The zero-order valence-electron chi connectivity index (χ0n) is 16.2. The molecule has 0 amide bonds. The molecule has 1 aliphatic rings. The molecule has 4 heterocycles. The molecule has 3 aromatic heterocycles. The summed E-state index contributed by atoms with van der Waals surface area (Å²) >= 11 is 0. The molecule has 1 fully saturated rings. The Kier molecular flexibility index (Phi) is 5.43. The van der Waals surface area contributed by atoms with Crippen LogP contribution in [0.3, 0.4) is 0 Å². The molecule has 0 bridgehead atoms. The predicted octanol–water partition coefficient (Wildman–Crippen LogP) is 3.74. The monoisotopic (exact) mass is 381 g/mol. The second kappa shape index (κ2) is 8.14. The number of likely N-dealkylation sites (tertiary alicyclic amines) is 1. The van der Waals surface area contributed by atoms with E-state index < -0.39 is 0 Å². The van der Waals surface area contributed by atoms with Gasteiger partial charge in [-0.1, -0.05) is 5.16 Å². The van der Waals surface area contributed by atoms with Crippen molar-refractivity contribution in [1.82, 2.24) is 25.0 Å². The van der Waals surface area contributed by atoms with Gasteiger partial charge in [0.15, 0.2) is 0 Å². The summed E-state index contributed by atoms with van der Waals surface area (Å²) < 4.78 is 19.2. The van der Waals surface area contributed by atoms with Crippen molar-refractivity contribution in [2.75, 3.05) is 13.1 Å². The molecule has 28 heavy (non-hydrogen) atoms. The Hall–Kier alpha value is -2.67. The summed E-state index contributed by atoms with van der Waals surface area (Å²) in [5.74, 6) is 1.01. The molecule has 0 radical (unpaired) electrons. The summed E-state index contributed by atoms with van der Waals surface area (Å²) in [6.07, 6.45) is 6.38. The van der Waals surface area contributed by atoms with Crippen LogP contribution in [0.1, 0.15) is 35.7 Å². The lowest BCUT2D eigenvalue weighted by atomic mass is 9.92. The van der Waals surface area contributed by atoms with Crippen LogP contribution in [0.5, 0.6) is 0 Å². The molecule has 1 saturated heterocycles. The van der Waals surface area contributed by atoms with E-state index in [0.717, 1.165) is 60.8 Å². The summed E-state index contributed by atoms with van der Waals surface area (Å²) in [6, 6.07) is 5.13. The Balaban J connectivity index is 1.44. The maximum absolute atomic E-state index is 13.9. The highest BCUT2D eigenvalue weighted by atomic mass is 19.1. The number of nitrogens with zero attached hydrogens (tertiary/aromatic N) is 5. The lowest BCUT2D eigenvalue weighted by Gasteiger charge is -2.32. The Morgan fingerprint density at radius 2 is 2.14 bits per heavy atom. The van der Waals surface area contributed by atoms with E-state index in [-0.39, 0.29) is 5.82 Å². The van der Waals surface area contributed by atoms with E-state index in [1.54, 1.807) is 18.6 Å². The van der Waals surface area contributed by atoms with Crippen molar-refractivity contribution in [2.24, 2.45) is 5.92 Å². The molecule has 0 saturated carbocycles. The summed E-state index contributed by atoms with van der Waals surface area (Å²) in [5, 5.41) is 4.02. The van der Waals surface area contributed by atoms with Gasteiger partial charge in [0.1, 0.15) is 17.9 Å². The minimum Gasteiger partial charge on any atom is -0.361 e. The maximum Gasteiger partial charge on any atom is 0.146 e. The first-order valence-corrected chi connectivity index (χ1v) is 9.66. The van der Waals surface area contributed by atoms with Gasteiger partial charge >= 0.3 is 0 Å². The standard InChI is InChI=1S/C21H24FN5O/c1-14-21(15(2)28-26-14)19-10-17(24-13-25-19)9-16-5-4-8-27(11-16)12-20-18(22)6-3-7-23-20/h3,6-7,10,13,16H,4-5,8-9,11-12H2,1-2H3/t16-/m0/s1. The summed E-state index contributed by atoms with van der Waals surface area (Å²) in [6.45, 7) is 6.26. The number of rotatable bonds is 5. The van der Waals surface area contributed by atoms with Gasteiger partial charge in [-0.2, -0.15) is 0 Å². The fourth-order valence-electron chi connectivity index (χ4n) is 4.00. The number of aromatic nitrogens is 4. The molecule has 6 nitrogen and oxygen atoms in total. The molecule has 0 unspecified atom stereocenters. The third-order valence-corrected chi connectivity index (χ3v) is 5.32. The molecular weight excluding hydrogens is 357 g/mol. The van der Waals surface area contributed by atoms with Crippen molar-refractivity contribution in [1.29, 1.82) is 0 Å². The van der Waals surface area contributed by atoms with Gasteiger partial charge in [-0.25, -0.2) is 14.4 Å². The third-order valence-electron chi connectivity index (χ3n) is 5.32. The van der Waals surface area contributed by atoms with Crippen molar-refractivity contribution in [3.63, 3.8) is 0 Å². The summed E-state index contributed by atoms with van der Waals surface area (Å²) in [7, 11) is 0. The van der Waals surface area contributed by atoms with Gasteiger partial charge in [0.25, 0.3) is 0 Å². The average Bonchev–Trinajstić information content (AvgIpc) is 3.02. The van der Waals surface area contributed by atoms with E-state index >= 15 is 0 Å². The normalized spacial score (nSPS) is 17.8. The van der Waals surface area contributed by atoms with Gasteiger partial charge in [0, 0.05) is 25.0 Å². The second-order valence-corrected chi connectivity index (χ2v) is 7.47. The van der Waals surface area contributed by atoms with Gasteiger partial charge < -0.3 is 4.52 Å². The molecule has 7 heteroatoms. The molecular formula is C21H24FN5O. The van der Waals surface area contributed by atoms with Gasteiger partial charge in [-0.05, 0) is 63.8 Å². The molecule has 0 N–H and O–H groups in total. The number of pyridine rings is 1. The third kappa shape index (κ3) is 4.09. The fraction of sp³-hybridized carbons (Fsp3) is 0.429. The van der Waals surface area contributed by atoms with Crippen LogP contribution in [0.4, 0.5) is 4.39 Å². The van der Waals surface area contributed by atoms with E-state index in [2.05, 4.69) is 25.0 Å². The molecule has 0 spiro atoms. The Morgan fingerprint density at radius 1 is 1.25 bits per heavy atom. The lowest BCUT2D eigenvalue weighted by molar-refractivity contribution is 0.163. The highest BCUT2D eigenvalue weighted by Gasteiger charge is 2.22. The average molecular weight is 381 g/mol. The van der Waals surface area contributed by atoms with E-state index in [9.17, 15) is 4.39 Å². The van der Waals surface area contributed by atoms with Gasteiger partial charge in [-0.15, -0.1) is 0 Å². The second-order valence-electron chi connectivity index (χ2n) is 7.47. The van der Waals surface area contributed by atoms with Crippen molar-refractivity contribution in [3.05, 3.63) is 59.4 Å². The molecule has 4 rings (SSSR count). The smallest absolute Gasteiger partial charge is 0.146 e. The molecule has 1 aliphatic heterocycles. The Bertz CT molecular complexity index is 938. The zero-order chi connectivity index (χ0) is 19.5. The van der Waals surface area contributed by atoms with Crippen molar-refractivity contribution in [2.45, 2.75) is 39.7 Å². The zero-order valence-corrected chi connectivity index (χ0v) is 16.2. The topological polar surface area (TPSA) is 67.9 Å². The van der Waals surface area contributed by atoms with Gasteiger partial charge in [0.2, 0.25) is 0 Å². The van der Waals surface area contributed by atoms with Crippen LogP contribution in [-0.2, 0) is 13.0 Å². The van der Waals surface area contributed by atoms with Crippen LogP contribution in [0.15, 0.2) is 35.2 Å². The Labute approximate surface area is 163 Å². The summed E-state index contributed by atoms with van der Waals surface area (Å²) in [5.41, 5.74) is 4.17. The number of hydrogen-bond acceptors (Lipinski definition) is 6. The van der Waals surface area contributed by atoms with Crippen molar-refractivity contribution >= 4 is 0 Å². The number of halogens is 1. The highest BCUT2D eigenvalue weighted by molar-refractivity contribution is 5.63. The number of hydrogen-bond donors (Lipinski definition) is 0. The Morgan fingerprint density at radius 3 is 2.93 bits per heavy atom. The quantitative estimate of drug-likeness (QED) is 0.671. The lowest BCUT2D eigenvalue weighted by Crippen LogP contribution is -2.36. The van der Waals surface area contributed by atoms with Crippen LogP contribution in [-0.4, -0.2) is 38.1 Å². The highest BCUT2D eigenvalue weighted by Crippen LogP contribution is 2.27. The van der Waals surface area contributed by atoms with Crippen LogP contribution >= 0.6 is 0 Å². The maximum atomic E-state index is 13.9. The summed E-state index contributed by atoms with van der Waals surface area (Å²) in [4.78, 5) is 15.4. The molecule has 0 aliphatic carbocycles. The van der Waals surface area contributed by atoms with Crippen LogP contribution < -0.4 is 0 Å². The molecule has 1 atom stereocenters. The minimum atomic E-state index is -0.232. The first kappa shape index (κ1) is 18.7. The van der Waals surface area contributed by atoms with Crippen LogP contribution in [0.25, 0.3) is 11.3 Å². The molecule has 3 aromatic rings. The molecule has 146 valence electrons. The first-order valence-electron chi connectivity index (χ1n) is 9.66. The fourth-order valence-corrected chi connectivity index (χ4v) is 4.00. The van der Waals surface area contributed by atoms with E-state index in [0.29, 0.717) is 18.2 Å². The largest absolute Gasteiger partial charge is 0.361 e. The van der Waals surface area contributed by atoms with E-state index in [4.69, 9.17) is 4.52 Å². The SMILES string of the molecule is Cc1noc(C)c1-c1cc(C[C@@H]2CCCN(Cc3ncccc3F)C2)ncn1.